The summed E-state index contributed by atoms with van der Waals surface area (Å²) in [4.78, 5) is 4.30. The van der Waals surface area contributed by atoms with E-state index in [4.69, 9.17) is 9.47 Å². The van der Waals surface area contributed by atoms with Crippen LogP contribution in [0.3, 0.4) is 0 Å². The number of methoxy groups -OCH3 is 1. The molecule has 5 heteroatoms. The smallest absolute Gasteiger partial charge is 0.207 e. The third-order valence-corrected chi connectivity index (χ3v) is 2.64. The molecule has 0 aliphatic rings. The zero-order valence-electron chi connectivity index (χ0n) is 11.1. The maximum Gasteiger partial charge on any atom is 0.207 e. The van der Waals surface area contributed by atoms with Crippen LogP contribution < -0.4 is 5.32 Å². The molecule has 19 heavy (non-hydrogen) atoms. The van der Waals surface area contributed by atoms with Gasteiger partial charge in [0.25, 0.3) is 0 Å². The predicted molar refractivity (Wildman–Crippen MR) is 74.7 cm³/mol. The Morgan fingerprint density at radius 1 is 1.16 bits per heavy atom. The maximum absolute atomic E-state index is 5.39. The quantitative estimate of drug-likeness (QED) is 0.738. The van der Waals surface area contributed by atoms with Crippen molar-refractivity contribution in [2.75, 3.05) is 38.8 Å². The van der Waals surface area contributed by atoms with Crippen molar-refractivity contribution in [3.05, 3.63) is 42.7 Å². The highest BCUT2D eigenvalue weighted by Gasteiger charge is 2.03. The second kappa shape index (κ2) is 7.56. The van der Waals surface area contributed by atoms with Crippen molar-refractivity contribution >= 4 is 5.95 Å². The van der Waals surface area contributed by atoms with Gasteiger partial charge >= 0.3 is 0 Å². The van der Waals surface area contributed by atoms with E-state index < -0.39 is 0 Å². The van der Waals surface area contributed by atoms with E-state index in [2.05, 4.69) is 10.3 Å². The van der Waals surface area contributed by atoms with Gasteiger partial charge in [0, 0.05) is 31.7 Å². The van der Waals surface area contributed by atoms with Gasteiger partial charge in [-0.1, -0.05) is 18.2 Å². The molecule has 1 heterocycles. The topological polar surface area (TPSA) is 48.3 Å². The third-order valence-electron chi connectivity index (χ3n) is 2.64. The van der Waals surface area contributed by atoms with Crippen LogP contribution in [-0.4, -0.2) is 43.0 Å². The van der Waals surface area contributed by atoms with Crippen molar-refractivity contribution in [3.63, 3.8) is 0 Å². The minimum absolute atomic E-state index is 0.616. The molecule has 0 saturated carbocycles. The molecular weight excluding hydrogens is 242 g/mol. The van der Waals surface area contributed by atoms with Crippen molar-refractivity contribution < 1.29 is 9.47 Å². The van der Waals surface area contributed by atoms with Gasteiger partial charge in [-0.25, -0.2) is 4.98 Å². The molecule has 2 rings (SSSR count). The normalized spacial score (nSPS) is 10.6. The van der Waals surface area contributed by atoms with E-state index in [0.29, 0.717) is 26.4 Å². The number of ether oxygens (including phenoxy) is 2. The second-order valence-electron chi connectivity index (χ2n) is 3.99. The number of hydrogen-bond donors (Lipinski definition) is 1. The first-order valence-corrected chi connectivity index (χ1v) is 6.31. The number of para-hydroxylation sites is 1. The predicted octanol–water partition coefficient (Wildman–Crippen LogP) is 1.95. The first-order valence-electron chi connectivity index (χ1n) is 6.31. The van der Waals surface area contributed by atoms with E-state index >= 15 is 0 Å². The summed E-state index contributed by atoms with van der Waals surface area (Å²) in [6.45, 7) is 2.59. The molecule has 0 atom stereocenters. The monoisotopic (exact) mass is 261 g/mol. The van der Waals surface area contributed by atoms with Crippen molar-refractivity contribution in [1.82, 2.24) is 9.55 Å². The number of anilines is 1. The lowest BCUT2D eigenvalue weighted by Crippen LogP contribution is -2.14. The molecule has 0 radical (unpaired) electrons. The summed E-state index contributed by atoms with van der Waals surface area (Å²) in [5.74, 6) is 0.821. The number of rotatable bonds is 8. The molecule has 1 N–H and O–H groups in total. The van der Waals surface area contributed by atoms with Crippen LogP contribution in [0, 0.1) is 0 Å². The molecule has 5 nitrogen and oxygen atoms in total. The number of imidazole rings is 1. The van der Waals surface area contributed by atoms with Crippen LogP contribution in [0.4, 0.5) is 5.95 Å². The number of benzene rings is 1. The van der Waals surface area contributed by atoms with Gasteiger partial charge < -0.3 is 14.8 Å². The van der Waals surface area contributed by atoms with Gasteiger partial charge in [-0.15, -0.1) is 0 Å². The molecule has 0 saturated heterocycles. The minimum atomic E-state index is 0.616. The summed E-state index contributed by atoms with van der Waals surface area (Å²) >= 11 is 0. The zero-order chi connectivity index (χ0) is 13.3. The Kier molecular flexibility index (Phi) is 5.40. The number of aromatic nitrogens is 2. The van der Waals surface area contributed by atoms with E-state index in [1.165, 1.54) is 0 Å². The summed E-state index contributed by atoms with van der Waals surface area (Å²) in [7, 11) is 1.66. The van der Waals surface area contributed by atoms with Gasteiger partial charge in [0.05, 0.1) is 19.8 Å². The largest absolute Gasteiger partial charge is 0.382 e. The third kappa shape index (κ3) is 4.08. The van der Waals surface area contributed by atoms with Gasteiger partial charge in [-0.05, 0) is 12.1 Å². The lowest BCUT2D eigenvalue weighted by molar-refractivity contribution is 0.0758. The average molecular weight is 261 g/mol. The van der Waals surface area contributed by atoms with Gasteiger partial charge in [-0.2, -0.15) is 0 Å². The minimum Gasteiger partial charge on any atom is -0.382 e. The van der Waals surface area contributed by atoms with Gasteiger partial charge in [0.2, 0.25) is 5.95 Å². The number of nitrogens with zero attached hydrogens (tertiary/aromatic N) is 2. The highest BCUT2D eigenvalue weighted by molar-refractivity contribution is 5.41. The van der Waals surface area contributed by atoms with Gasteiger partial charge in [0.15, 0.2) is 0 Å². The fraction of sp³-hybridized carbons (Fsp3) is 0.357. The van der Waals surface area contributed by atoms with E-state index in [9.17, 15) is 0 Å². The van der Waals surface area contributed by atoms with Crippen LogP contribution in [0.25, 0.3) is 5.69 Å². The van der Waals surface area contributed by atoms with Crippen LogP contribution in [0.2, 0.25) is 0 Å². The summed E-state index contributed by atoms with van der Waals surface area (Å²) in [6, 6.07) is 10.1. The molecule has 0 fully saturated rings. The first kappa shape index (κ1) is 13.6. The molecule has 0 unspecified atom stereocenters. The SMILES string of the molecule is COCCOCCNc1nccn1-c1ccccc1. The number of nitrogens with one attached hydrogen (secondary N) is 1. The first-order chi connectivity index (χ1) is 9.42. The zero-order valence-corrected chi connectivity index (χ0v) is 11.1. The van der Waals surface area contributed by atoms with Gasteiger partial charge in [0.1, 0.15) is 0 Å². The van der Waals surface area contributed by atoms with E-state index in [0.717, 1.165) is 11.6 Å². The Balaban J connectivity index is 1.83. The molecule has 1 aromatic heterocycles. The second-order valence-corrected chi connectivity index (χ2v) is 3.99. The lowest BCUT2D eigenvalue weighted by atomic mass is 10.3. The molecule has 0 aliphatic carbocycles. The van der Waals surface area contributed by atoms with Crippen molar-refractivity contribution in [2.24, 2.45) is 0 Å². The Morgan fingerprint density at radius 2 is 2.00 bits per heavy atom. The molecule has 0 aliphatic heterocycles. The molecule has 0 amide bonds. The van der Waals surface area contributed by atoms with E-state index in [-0.39, 0.29) is 0 Å². The van der Waals surface area contributed by atoms with Gasteiger partial charge in [-0.3, -0.25) is 4.57 Å². The molecule has 2 aromatic rings. The van der Waals surface area contributed by atoms with Crippen molar-refractivity contribution in [2.45, 2.75) is 0 Å². The van der Waals surface area contributed by atoms with Crippen molar-refractivity contribution in [1.29, 1.82) is 0 Å². The Morgan fingerprint density at radius 3 is 2.79 bits per heavy atom. The fourth-order valence-electron chi connectivity index (χ4n) is 1.71. The standard InChI is InChI=1S/C14H19N3O2/c1-18-11-12-19-10-8-16-14-15-7-9-17(14)13-5-3-2-4-6-13/h2-7,9H,8,10-12H2,1H3,(H,15,16). The Bertz CT molecular complexity index is 471. The van der Waals surface area contributed by atoms with Crippen LogP contribution in [-0.2, 0) is 9.47 Å². The Hall–Kier alpha value is -1.85. The molecule has 1 aromatic carbocycles. The van der Waals surface area contributed by atoms with Crippen LogP contribution in [0.5, 0.6) is 0 Å². The summed E-state index contributed by atoms with van der Waals surface area (Å²) in [6.07, 6.45) is 3.71. The van der Waals surface area contributed by atoms with E-state index in [1.807, 2.05) is 41.1 Å². The molecule has 102 valence electrons. The van der Waals surface area contributed by atoms with Crippen LogP contribution in [0.1, 0.15) is 0 Å². The van der Waals surface area contributed by atoms with Crippen LogP contribution >= 0.6 is 0 Å². The average Bonchev–Trinajstić information content (AvgIpc) is 2.92. The molecular formula is C14H19N3O2. The fourth-order valence-corrected chi connectivity index (χ4v) is 1.71. The summed E-state index contributed by atoms with van der Waals surface area (Å²) in [5, 5.41) is 3.25. The summed E-state index contributed by atoms with van der Waals surface area (Å²) in [5.41, 5.74) is 1.09. The van der Waals surface area contributed by atoms with E-state index in [1.54, 1.807) is 13.3 Å². The molecule has 0 spiro atoms. The summed E-state index contributed by atoms with van der Waals surface area (Å²) < 4.78 is 12.3. The lowest BCUT2D eigenvalue weighted by Gasteiger charge is -2.10. The highest BCUT2D eigenvalue weighted by Crippen LogP contribution is 2.13. The molecule has 0 bridgehead atoms. The van der Waals surface area contributed by atoms with Crippen LogP contribution in [0.15, 0.2) is 42.7 Å². The number of hydrogen-bond acceptors (Lipinski definition) is 4. The van der Waals surface area contributed by atoms with Crippen molar-refractivity contribution in [3.8, 4) is 5.69 Å². The Labute approximate surface area is 113 Å². The maximum atomic E-state index is 5.39. The highest BCUT2D eigenvalue weighted by atomic mass is 16.5.